The van der Waals surface area contributed by atoms with Crippen LogP contribution < -0.4 is 0 Å². The molecule has 1 fully saturated rings. The van der Waals surface area contributed by atoms with Crippen LogP contribution in [0.1, 0.15) is 39.5 Å². The van der Waals surface area contributed by atoms with Gasteiger partial charge in [-0.2, -0.15) is 0 Å². The summed E-state index contributed by atoms with van der Waals surface area (Å²) in [5, 5.41) is 9.08. The van der Waals surface area contributed by atoms with E-state index in [0.717, 1.165) is 12.8 Å². The molecule has 1 saturated carbocycles. The maximum absolute atomic E-state index is 11.0. The summed E-state index contributed by atoms with van der Waals surface area (Å²) < 4.78 is 5.38. The molecule has 0 unspecified atom stereocenters. The van der Waals surface area contributed by atoms with Gasteiger partial charge in [-0.3, -0.25) is 0 Å². The van der Waals surface area contributed by atoms with E-state index in [9.17, 15) is 4.79 Å². The maximum atomic E-state index is 11.0. The normalized spacial score (nSPS) is 34.5. The quantitative estimate of drug-likeness (QED) is 0.733. The first-order valence-electron chi connectivity index (χ1n) is 4.98. The van der Waals surface area contributed by atoms with Crippen molar-refractivity contribution in [2.75, 3.05) is 6.61 Å². The van der Waals surface area contributed by atoms with Crippen LogP contribution in [-0.2, 0) is 9.53 Å². The third-order valence-corrected chi connectivity index (χ3v) is 2.89. The lowest BCUT2D eigenvalue weighted by molar-refractivity contribution is -0.171. The van der Waals surface area contributed by atoms with Gasteiger partial charge in [-0.15, -0.1) is 0 Å². The Morgan fingerprint density at radius 3 is 2.46 bits per heavy atom. The van der Waals surface area contributed by atoms with Crippen LogP contribution in [0.2, 0.25) is 0 Å². The molecule has 3 nitrogen and oxygen atoms in total. The standard InChI is InChI=1S/C10H18O3/c1-3-13-10(9(11)12)6-4-8(2)5-7-10/h8H,3-7H2,1-2H3,(H,11,12). The van der Waals surface area contributed by atoms with Gasteiger partial charge in [0.15, 0.2) is 5.60 Å². The monoisotopic (exact) mass is 186 g/mol. The fourth-order valence-corrected chi connectivity index (χ4v) is 1.92. The average Bonchev–Trinajstić information content (AvgIpc) is 2.09. The fraction of sp³-hybridized carbons (Fsp3) is 0.900. The second kappa shape index (κ2) is 4.09. The number of aliphatic carboxylic acids is 1. The van der Waals surface area contributed by atoms with Gasteiger partial charge in [-0.05, 0) is 38.5 Å². The van der Waals surface area contributed by atoms with E-state index in [0.29, 0.717) is 25.4 Å². The van der Waals surface area contributed by atoms with Crippen molar-refractivity contribution >= 4 is 5.97 Å². The fourth-order valence-electron chi connectivity index (χ4n) is 1.92. The van der Waals surface area contributed by atoms with Gasteiger partial charge < -0.3 is 9.84 Å². The highest BCUT2D eigenvalue weighted by molar-refractivity contribution is 5.77. The minimum atomic E-state index is -0.874. The topological polar surface area (TPSA) is 46.5 Å². The molecule has 3 heteroatoms. The van der Waals surface area contributed by atoms with Crippen LogP contribution in [-0.4, -0.2) is 23.3 Å². The SMILES string of the molecule is CCOC1(C(=O)O)CCC(C)CC1. The molecule has 0 amide bonds. The van der Waals surface area contributed by atoms with Gasteiger partial charge in [0.05, 0.1) is 0 Å². The number of hydrogen-bond acceptors (Lipinski definition) is 2. The number of carbonyl (C=O) groups is 1. The van der Waals surface area contributed by atoms with Gasteiger partial charge >= 0.3 is 5.97 Å². The van der Waals surface area contributed by atoms with Gasteiger partial charge in [0, 0.05) is 6.61 Å². The lowest BCUT2D eigenvalue weighted by Crippen LogP contribution is -2.44. The summed E-state index contributed by atoms with van der Waals surface area (Å²) in [5.41, 5.74) is -0.874. The Morgan fingerprint density at radius 2 is 2.08 bits per heavy atom. The zero-order valence-corrected chi connectivity index (χ0v) is 8.38. The third kappa shape index (κ3) is 2.21. The average molecular weight is 186 g/mol. The van der Waals surface area contributed by atoms with Gasteiger partial charge in [0.1, 0.15) is 0 Å². The van der Waals surface area contributed by atoms with Crippen molar-refractivity contribution < 1.29 is 14.6 Å². The molecule has 0 saturated heterocycles. The largest absolute Gasteiger partial charge is 0.479 e. The Labute approximate surface area is 79.1 Å². The molecule has 1 rings (SSSR count). The first-order valence-corrected chi connectivity index (χ1v) is 4.98. The highest BCUT2D eigenvalue weighted by atomic mass is 16.5. The van der Waals surface area contributed by atoms with Crippen molar-refractivity contribution in [1.82, 2.24) is 0 Å². The van der Waals surface area contributed by atoms with Crippen molar-refractivity contribution in [3.8, 4) is 0 Å². The maximum Gasteiger partial charge on any atom is 0.335 e. The molecule has 1 aliphatic rings. The van der Waals surface area contributed by atoms with E-state index in [4.69, 9.17) is 9.84 Å². The van der Waals surface area contributed by atoms with Crippen molar-refractivity contribution in [1.29, 1.82) is 0 Å². The van der Waals surface area contributed by atoms with Gasteiger partial charge in [-0.1, -0.05) is 6.92 Å². The second-order valence-corrected chi connectivity index (χ2v) is 3.91. The second-order valence-electron chi connectivity index (χ2n) is 3.91. The Hall–Kier alpha value is -0.570. The Kier molecular flexibility index (Phi) is 3.31. The molecule has 0 aromatic heterocycles. The molecule has 0 aromatic carbocycles. The number of ether oxygens (including phenoxy) is 1. The van der Waals surface area contributed by atoms with Crippen LogP contribution >= 0.6 is 0 Å². The van der Waals surface area contributed by atoms with E-state index in [2.05, 4.69) is 6.92 Å². The summed E-state index contributed by atoms with van der Waals surface area (Å²) in [4.78, 5) is 11.0. The predicted molar refractivity (Wildman–Crippen MR) is 49.6 cm³/mol. The predicted octanol–water partition coefficient (Wildman–Crippen LogP) is 2.06. The van der Waals surface area contributed by atoms with Crippen molar-refractivity contribution in [2.45, 2.75) is 45.1 Å². The summed E-state index contributed by atoms with van der Waals surface area (Å²) >= 11 is 0. The number of carboxylic acid groups (broad SMARTS) is 1. The smallest absolute Gasteiger partial charge is 0.335 e. The van der Waals surface area contributed by atoms with Crippen LogP contribution in [0.5, 0.6) is 0 Å². The van der Waals surface area contributed by atoms with E-state index in [1.807, 2.05) is 6.92 Å². The molecule has 0 aliphatic heterocycles. The molecule has 0 atom stereocenters. The zero-order chi connectivity index (χ0) is 9.90. The third-order valence-electron chi connectivity index (χ3n) is 2.89. The van der Waals surface area contributed by atoms with E-state index in [-0.39, 0.29) is 0 Å². The molecule has 0 spiro atoms. The molecular formula is C10H18O3. The van der Waals surface area contributed by atoms with E-state index in [1.165, 1.54) is 0 Å². The van der Waals surface area contributed by atoms with Gasteiger partial charge in [-0.25, -0.2) is 4.79 Å². The van der Waals surface area contributed by atoms with Crippen LogP contribution in [0, 0.1) is 5.92 Å². The van der Waals surface area contributed by atoms with Gasteiger partial charge in [0.2, 0.25) is 0 Å². The Balaban J connectivity index is 2.63. The zero-order valence-electron chi connectivity index (χ0n) is 8.38. The van der Waals surface area contributed by atoms with E-state index in [1.54, 1.807) is 0 Å². The first-order chi connectivity index (χ1) is 6.10. The van der Waals surface area contributed by atoms with Crippen LogP contribution in [0.15, 0.2) is 0 Å². The molecular weight excluding hydrogens is 168 g/mol. The van der Waals surface area contributed by atoms with Crippen molar-refractivity contribution in [3.05, 3.63) is 0 Å². The minimum absolute atomic E-state index is 0.487. The lowest BCUT2D eigenvalue weighted by Gasteiger charge is -2.35. The summed E-state index contributed by atoms with van der Waals surface area (Å²) in [5.74, 6) is -0.144. The van der Waals surface area contributed by atoms with Crippen LogP contribution in [0.4, 0.5) is 0 Å². The summed E-state index contributed by atoms with van der Waals surface area (Å²) in [6, 6.07) is 0. The Bertz CT molecular complexity index is 181. The number of rotatable bonds is 3. The molecule has 0 radical (unpaired) electrons. The number of carboxylic acids is 1. The summed E-state index contributed by atoms with van der Waals surface area (Å²) in [6.45, 7) is 4.50. The number of hydrogen-bond donors (Lipinski definition) is 1. The molecule has 0 aromatic rings. The van der Waals surface area contributed by atoms with Crippen LogP contribution in [0.25, 0.3) is 0 Å². The molecule has 0 bridgehead atoms. The van der Waals surface area contributed by atoms with Crippen LogP contribution in [0.3, 0.4) is 0 Å². The minimum Gasteiger partial charge on any atom is -0.479 e. The molecule has 0 heterocycles. The van der Waals surface area contributed by atoms with E-state index >= 15 is 0 Å². The molecule has 76 valence electrons. The molecule has 1 N–H and O–H groups in total. The summed E-state index contributed by atoms with van der Waals surface area (Å²) in [7, 11) is 0. The summed E-state index contributed by atoms with van der Waals surface area (Å²) in [6.07, 6.45) is 3.26. The van der Waals surface area contributed by atoms with Crippen molar-refractivity contribution in [3.63, 3.8) is 0 Å². The van der Waals surface area contributed by atoms with Crippen molar-refractivity contribution in [2.24, 2.45) is 5.92 Å². The highest BCUT2D eigenvalue weighted by Gasteiger charge is 2.41. The molecule has 13 heavy (non-hydrogen) atoms. The molecule has 1 aliphatic carbocycles. The Morgan fingerprint density at radius 1 is 1.54 bits per heavy atom. The van der Waals surface area contributed by atoms with Gasteiger partial charge in [0.25, 0.3) is 0 Å². The lowest BCUT2D eigenvalue weighted by atomic mass is 9.79. The highest BCUT2D eigenvalue weighted by Crippen LogP contribution is 2.34. The first kappa shape index (κ1) is 10.5. The van der Waals surface area contributed by atoms with E-state index < -0.39 is 11.6 Å².